The van der Waals surface area contributed by atoms with Gasteiger partial charge in [0.1, 0.15) is 12.7 Å². The highest BCUT2D eigenvalue weighted by Gasteiger charge is 2.73. The van der Waals surface area contributed by atoms with Crippen LogP contribution in [0.5, 0.6) is 0 Å². The van der Waals surface area contributed by atoms with E-state index in [0.29, 0.717) is 36.3 Å². The summed E-state index contributed by atoms with van der Waals surface area (Å²) in [5.41, 5.74) is 7.01. The number of nitrogens with zero attached hydrogens (tertiary/aromatic N) is 6. The zero-order valence-electron chi connectivity index (χ0n) is 18.6. The summed E-state index contributed by atoms with van der Waals surface area (Å²) in [4.78, 5) is 27.3. The maximum absolute atomic E-state index is 13.3. The van der Waals surface area contributed by atoms with E-state index in [9.17, 15) is 13.2 Å². The molecule has 7 rings (SSSR count). The van der Waals surface area contributed by atoms with Gasteiger partial charge in [0.15, 0.2) is 11.6 Å². The minimum absolute atomic E-state index is 0.141. The van der Waals surface area contributed by atoms with Crippen LogP contribution in [0.4, 0.5) is 5.82 Å². The van der Waals surface area contributed by atoms with E-state index in [0.717, 1.165) is 25.1 Å². The van der Waals surface area contributed by atoms with E-state index in [-0.39, 0.29) is 22.0 Å². The van der Waals surface area contributed by atoms with Crippen LogP contribution in [0.3, 0.4) is 0 Å². The molecule has 1 amide bonds. The second-order valence-electron chi connectivity index (χ2n) is 9.62. The molecule has 3 heterocycles. The van der Waals surface area contributed by atoms with Crippen LogP contribution >= 0.6 is 0 Å². The number of nitrogens with two attached hydrogens (primary N) is 1. The number of hydrogen-bond acceptors (Lipinski definition) is 8. The van der Waals surface area contributed by atoms with Gasteiger partial charge in [0.25, 0.3) is 0 Å². The van der Waals surface area contributed by atoms with E-state index >= 15 is 0 Å². The molecule has 3 aromatic rings. The van der Waals surface area contributed by atoms with Crippen molar-refractivity contribution in [3.63, 3.8) is 0 Å². The summed E-state index contributed by atoms with van der Waals surface area (Å²) in [6.45, 7) is 3.51. The number of amides is 1. The van der Waals surface area contributed by atoms with Gasteiger partial charge in [0, 0.05) is 24.2 Å². The molecule has 0 atom stereocenters. The maximum Gasteiger partial charge on any atom is 0.241 e. The lowest BCUT2D eigenvalue weighted by Gasteiger charge is -2.70. The molecule has 3 N–H and O–H groups in total. The van der Waals surface area contributed by atoms with Crippen LogP contribution in [-0.2, 0) is 14.8 Å². The number of nitrogens with one attached hydrogen (secondary N) is 1. The van der Waals surface area contributed by atoms with Gasteiger partial charge in [0.05, 0.1) is 22.2 Å². The molecule has 2 aromatic heterocycles. The van der Waals surface area contributed by atoms with Crippen LogP contribution in [-0.4, -0.2) is 62.6 Å². The van der Waals surface area contributed by atoms with Crippen LogP contribution in [0.25, 0.3) is 17.1 Å². The van der Waals surface area contributed by atoms with Gasteiger partial charge in [-0.2, -0.15) is 9.78 Å². The van der Waals surface area contributed by atoms with Crippen LogP contribution in [0, 0.1) is 12.3 Å². The molecule has 4 fully saturated rings. The fraction of sp³-hybridized carbons (Fsp3) is 0.409. The van der Waals surface area contributed by atoms with Gasteiger partial charge in [-0.25, -0.2) is 28.1 Å². The minimum Gasteiger partial charge on any atom is -0.381 e. The zero-order valence-corrected chi connectivity index (χ0v) is 19.4. The molecule has 1 aromatic carbocycles. The van der Waals surface area contributed by atoms with E-state index in [4.69, 9.17) is 5.73 Å². The normalized spacial score (nSPS) is 25.3. The summed E-state index contributed by atoms with van der Waals surface area (Å²) >= 11 is 0. The number of carbonyl (C=O) groups excluding carboxylic acids is 1. The zero-order chi connectivity index (χ0) is 23.7. The van der Waals surface area contributed by atoms with Crippen molar-refractivity contribution in [2.24, 2.45) is 5.41 Å². The Morgan fingerprint density at radius 2 is 1.97 bits per heavy atom. The Morgan fingerprint density at radius 3 is 2.62 bits per heavy atom. The molecule has 0 radical (unpaired) electrons. The summed E-state index contributed by atoms with van der Waals surface area (Å²) in [5, 5.41) is 4.05. The van der Waals surface area contributed by atoms with Gasteiger partial charge in [-0.1, -0.05) is 6.07 Å². The number of rotatable bonds is 6. The third-order valence-corrected chi connectivity index (χ3v) is 8.77. The Hall–Kier alpha value is -3.38. The Bertz CT molecular complexity index is 1400. The molecule has 1 aliphatic heterocycles. The number of carbonyl (C=O) groups is 1. The standard InChI is InChI=1S/C22H24N8O3S/c1-14-3-4-15(7-16(14)17-8-25-18(23)19(27-17)30-13-24-12-26-30)34(32,33)28-22-9-21(10-22,11-22)20(31)29-5-2-6-29/h3-4,7-8,12-13,28H,2,5-6,9-11H2,1H3,(H2,23,25). The Labute approximate surface area is 196 Å². The molecule has 11 nitrogen and oxygen atoms in total. The van der Waals surface area contributed by atoms with Gasteiger partial charge >= 0.3 is 0 Å². The SMILES string of the molecule is Cc1ccc(S(=O)(=O)NC23CC(C(=O)N4CCC4)(C2)C3)cc1-c1cnc(N)c(-n2cncn2)n1. The molecular weight excluding hydrogens is 456 g/mol. The molecule has 3 saturated carbocycles. The monoisotopic (exact) mass is 480 g/mol. The highest BCUT2D eigenvalue weighted by molar-refractivity contribution is 7.89. The molecule has 176 valence electrons. The Morgan fingerprint density at radius 1 is 1.21 bits per heavy atom. The second kappa shape index (κ2) is 7.06. The first kappa shape index (κ1) is 21.2. The molecule has 3 aliphatic carbocycles. The summed E-state index contributed by atoms with van der Waals surface area (Å²) in [7, 11) is -3.79. The summed E-state index contributed by atoms with van der Waals surface area (Å²) in [6, 6.07) is 4.92. The van der Waals surface area contributed by atoms with Gasteiger partial charge in [-0.05, 0) is 50.3 Å². The third-order valence-electron chi connectivity index (χ3n) is 7.19. The second-order valence-corrected chi connectivity index (χ2v) is 11.3. The van der Waals surface area contributed by atoms with Gasteiger partial charge in [0.2, 0.25) is 15.9 Å². The number of sulfonamides is 1. The number of nitrogen functional groups attached to an aromatic ring is 1. The molecule has 34 heavy (non-hydrogen) atoms. The first-order chi connectivity index (χ1) is 16.2. The molecule has 0 spiro atoms. The van der Waals surface area contributed by atoms with Crippen LogP contribution in [0.15, 0.2) is 41.9 Å². The van der Waals surface area contributed by atoms with Gasteiger partial charge in [-0.3, -0.25) is 4.79 Å². The summed E-state index contributed by atoms with van der Waals surface area (Å²) in [6.07, 6.45) is 7.09. The summed E-state index contributed by atoms with van der Waals surface area (Å²) < 4.78 is 30.8. The predicted octanol–water partition coefficient (Wildman–Crippen LogP) is 1.05. The van der Waals surface area contributed by atoms with Crippen molar-refractivity contribution in [3.05, 3.63) is 42.6 Å². The topological polar surface area (TPSA) is 149 Å². The largest absolute Gasteiger partial charge is 0.381 e. The van der Waals surface area contributed by atoms with Crippen LogP contribution < -0.4 is 10.5 Å². The number of anilines is 1. The van der Waals surface area contributed by atoms with Crippen LogP contribution in [0.2, 0.25) is 0 Å². The van der Waals surface area contributed by atoms with Crippen molar-refractivity contribution in [2.75, 3.05) is 18.8 Å². The fourth-order valence-electron chi connectivity index (χ4n) is 5.37. The molecular formula is C22H24N8O3S. The van der Waals surface area contributed by atoms with E-state index in [1.165, 1.54) is 23.5 Å². The highest BCUT2D eigenvalue weighted by atomic mass is 32.2. The Kier molecular flexibility index (Phi) is 4.40. The molecule has 4 aliphatic rings. The van der Waals surface area contributed by atoms with Crippen molar-refractivity contribution in [1.29, 1.82) is 0 Å². The number of likely N-dealkylation sites (tertiary alicyclic amines) is 1. The van der Waals surface area contributed by atoms with Crippen molar-refractivity contribution < 1.29 is 13.2 Å². The minimum atomic E-state index is -3.79. The third kappa shape index (κ3) is 3.12. The first-order valence-corrected chi connectivity index (χ1v) is 12.6. The molecule has 2 bridgehead atoms. The van der Waals surface area contributed by atoms with E-state index in [2.05, 4.69) is 24.8 Å². The highest BCUT2D eigenvalue weighted by Crippen LogP contribution is 2.68. The molecule has 0 unspecified atom stereocenters. The first-order valence-electron chi connectivity index (χ1n) is 11.1. The van der Waals surface area contributed by atoms with Gasteiger partial charge in [-0.15, -0.1) is 0 Å². The number of aromatic nitrogens is 5. The van der Waals surface area contributed by atoms with Crippen molar-refractivity contribution >= 4 is 21.7 Å². The van der Waals surface area contributed by atoms with Gasteiger partial charge < -0.3 is 10.6 Å². The number of hydrogen-bond donors (Lipinski definition) is 2. The average molecular weight is 481 g/mol. The fourth-order valence-corrected chi connectivity index (χ4v) is 6.80. The van der Waals surface area contributed by atoms with Crippen molar-refractivity contribution in [2.45, 2.75) is 43.0 Å². The average Bonchev–Trinajstić information content (AvgIpc) is 3.23. The maximum atomic E-state index is 13.3. The smallest absolute Gasteiger partial charge is 0.241 e. The van der Waals surface area contributed by atoms with E-state index in [1.807, 2.05) is 11.8 Å². The number of aryl methyl sites for hydroxylation is 1. The molecule has 1 saturated heterocycles. The van der Waals surface area contributed by atoms with E-state index < -0.39 is 15.6 Å². The molecule has 12 heteroatoms. The lowest BCUT2D eigenvalue weighted by molar-refractivity contribution is -0.190. The predicted molar refractivity (Wildman–Crippen MR) is 122 cm³/mol. The Balaban J connectivity index is 1.25. The van der Waals surface area contributed by atoms with Crippen LogP contribution in [0.1, 0.15) is 31.2 Å². The quantitative estimate of drug-likeness (QED) is 0.532. The summed E-state index contributed by atoms with van der Waals surface area (Å²) in [5.74, 6) is 0.678. The lowest BCUT2D eigenvalue weighted by Crippen LogP contribution is -2.78. The lowest BCUT2D eigenvalue weighted by atomic mass is 9.39. The number of benzene rings is 1. The van der Waals surface area contributed by atoms with E-state index in [1.54, 1.807) is 18.2 Å². The van der Waals surface area contributed by atoms with Crippen molar-refractivity contribution in [1.82, 2.24) is 34.4 Å². The van der Waals surface area contributed by atoms with Crippen molar-refractivity contribution in [3.8, 4) is 17.1 Å².